The topological polar surface area (TPSA) is 44.3 Å². The van der Waals surface area contributed by atoms with Crippen molar-refractivity contribution in [3.8, 4) is 5.75 Å². The summed E-state index contributed by atoms with van der Waals surface area (Å²) in [6.45, 7) is 8.73. The second-order valence-electron chi connectivity index (χ2n) is 5.64. The lowest BCUT2D eigenvalue weighted by Gasteiger charge is -2.27. The Morgan fingerprint density at radius 1 is 1.39 bits per heavy atom. The zero-order chi connectivity index (χ0) is 13.3. The van der Waals surface area contributed by atoms with E-state index >= 15 is 0 Å². The number of fused-ring (bicyclic) bond motifs is 1. The second-order valence-corrected chi connectivity index (χ2v) is 7.64. The van der Waals surface area contributed by atoms with Crippen molar-refractivity contribution in [3.05, 3.63) is 29.3 Å². The van der Waals surface area contributed by atoms with E-state index in [1.54, 1.807) is 0 Å². The van der Waals surface area contributed by atoms with E-state index < -0.39 is 11.4 Å². The lowest BCUT2D eigenvalue weighted by atomic mass is 10.0. The van der Waals surface area contributed by atoms with E-state index in [4.69, 9.17) is 4.74 Å². The summed E-state index contributed by atoms with van der Waals surface area (Å²) in [4.78, 5) is 0. The third-order valence-corrected chi connectivity index (χ3v) is 4.77. The molecule has 3 nitrogen and oxygen atoms in total. The van der Waals surface area contributed by atoms with Crippen molar-refractivity contribution in [3.63, 3.8) is 0 Å². The van der Waals surface area contributed by atoms with Crippen molar-refractivity contribution in [1.29, 1.82) is 0 Å². The van der Waals surface area contributed by atoms with Gasteiger partial charge in [0, 0.05) is 23.3 Å². The predicted octanol–water partition coefficient (Wildman–Crippen LogP) is 2.73. The molecular formula is C14H21NO2S. The van der Waals surface area contributed by atoms with Crippen LogP contribution < -0.4 is 9.46 Å². The minimum Gasteiger partial charge on any atom is -0.598 e. The van der Waals surface area contributed by atoms with E-state index in [0.717, 1.165) is 18.8 Å². The van der Waals surface area contributed by atoms with Crippen LogP contribution in [0.2, 0.25) is 0 Å². The van der Waals surface area contributed by atoms with Crippen LogP contribution in [0.25, 0.3) is 0 Å². The quantitative estimate of drug-likeness (QED) is 0.856. The Balaban J connectivity index is 2.15. The lowest BCUT2D eigenvalue weighted by molar-refractivity contribution is 0.357. The van der Waals surface area contributed by atoms with Crippen LogP contribution in [0.3, 0.4) is 0 Å². The lowest BCUT2D eigenvalue weighted by Crippen LogP contribution is -2.40. The van der Waals surface area contributed by atoms with Gasteiger partial charge in [0.2, 0.25) is 0 Å². The molecule has 0 amide bonds. The molecule has 1 aliphatic rings. The SMILES string of the molecule is CC(N[S@+]([O-])C(C)(C)C)c1cccc2c1CCO2. The second kappa shape index (κ2) is 5.11. The third kappa shape index (κ3) is 2.82. The van der Waals surface area contributed by atoms with Gasteiger partial charge in [0.15, 0.2) is 0 Å². The zero-order valence-corrected chi connectivity index (χ0v) is 12.3. The molecular weight excluding hydrogens is 246 g/mol. The van der Waals surface area contributed by atoms with Crippen LogP contribution in [-0.4, -0.2) is 15.9 Å². The van der Waals surface area contributed by atoms with Crippen molar-refractivity contribution in [1.82, 2.24) is 4.72 Å². The Morgan fingerprint density at radius 2 is 2.11 bits per heavy atom. The van der Waals surface area contributed by atoms with E-state index in [0.29, 0.717) is 0 Å². The number of ether oxygens (including phenoxy) is 1. The van der Waals surface area contributed by atoms with Gasteiger partial charge >= 0.3 is 0 Å². The molecule has 1 unspecified atom stereocenters. The Bertz CT molecular complexity index is 428. The zero-order valence-electron chi connectivity index (χ0n) is 11.4. The molecule has 0 aromatic heterocycles. The average Bonchev–Trinajstić information content (AvgIpc) is 2.74. The highest BCUT2D eigenvalue weighted by atomic mass is 32.2. The van der Waals surface area contributed by atoms with Crippen LogP contribution in [0.4, 0.5) is 0 Å². The van der Waals surface area contributed by atoms with Gasteiger partial charge in [-0.05, 0) is 39.3 Å². The first-order valence-corrected chi connectivity index (χ1v) is 7.47. The molecule has 0 saturated heterocycles. The summed E-state index contributed by atoms with van der Waals surface area (Å²) in [5, 5.41) is 0. The molecule has 4 heteroatoms. The summed E-state index contributed by atoms with van der Waals surface area (Å²) in [6, 6.07) is 6.16. The fourth-order valence-electron chi connectivity index (χ4n) is 2.05. The minimum atomic E-state index is -1.06. The average molecular weight is 267 g/mol. The van der Waals surface area contributed by atoms with Crippen LogP contribution in [0.1, 0.15) is 44.9 Å². The van der Waals surface area contributed by atoms with Gasteiger partial charge in [-0.2, -0.15) is 0 Å². The van der Waals surface area contributed by atoms with Crippen LogP contribution in [0.5, 0.6) is 5.75 Å². The standard InChI is InChI=1S/C14H21NO2S/c1-10(15-18(16)14(2,3)4)11-6-5-7-13-12(11)8-9-17-13/h5-7,10,15H,8-9H2,1-4H3/t10?,18-/m1/s1. The summed E-state index contributed by atoms with van der Waals surface area (Å²) >= 11 is -1.06. The van der Waals surface area contributed by atoms with Gasteiger partial charge < -0.3 is 9.29 Å². The molecule has 2 atom stereocenters. The van der Waals surface area contributed by atoms with Gasteiger partial charge in [-0.25, -0.2) is 0 Å². The van der Waals surface area contributed by atoms with E-state index in [-0.39, 0.29) is 10.8 Å². The van der Waals surface area contributed by atoms with Gasteiger partial charge in [0.05, 0.1) is 12.6 Å². The predicted molar refractivity (Wildman–Crippen MR) is 75.1 cm³/mol. The Labute approximate surface area is 112 Å². The van der Waals surface area contributed by atoms with Gasteiger partial charge in [0.1, 0.15) is 10.5 Å². The van der Waals surface area contributed by atoms with E-state index in [2.05, 4.69) is 17.7 Å². The Hall–Kier alpha value is -0.710. The number of hydrogen-bond acceptors (Lipinski definition) is 3. The Kier molecular flexibility index (Phi) is 3.90. The largest absolute Gasteiger partial charge is 0.598 e. The number of rotatable bonds is 3. The molecule has 0 fully saturated rings. The first-order valence-electron chi connectivity index (χ1n) is 6.32. The molecule has 0 spiro atoms. The summed E-state index contributed by atoms with van der Waals surface area (Å²) in [5.41, 5.74) is 2.45. The number of nitrogens with one attached hydrogen (secondary N) is 1. The summed E-state index contributed by atoms with van der Waals surface area (Å²) in [6.07, 6.45) is 0.944. The molecule has 0 saturated carbocycles. The highest BCUT2D eigenvalue weighted by molar-refractivity contribution is 7.90. The first-order chi connectivity index (χ1) is 8.39. The molecule has 18 heavy (non-hydrogen) atoms. The number of benzene rings is 1. The van der Waals surface area contributed by atoms with Gasteiger partial charge in [-0.1, -0.05) is 12.1 Å². The van der Waals surface area contributed by atoms with E-state index in [9.17, 15) is 4.55 Å². The molecule has 2 rings (SSSR count). The maximum Gasteiger partial charge on any atom is 0.136 e. The summed E-state index contributed by atoms with van der Waals surface area (Å²) in [7, 11) is 0. The number of hydrogen-bond donors (Lipinski definition) is 1. The molecule has 1 aromatic rings. The monoisotopic (exact) mass is 267 g/mol. The van der Waals surface area contributed by atoms with Crippen LogP contribution in [0, 0.1) is 0 Å². The van der Waals surface area contributed by atoms with Crippen LogP contribution in [-0.2, 0) is 17.8 Å². The first kappa shape index (κ1) is 13.7. The Morgan fingerprint density at radius 3 is 2.78 bits per heavy atom. The normalized spacial score (nSPS) is 18.1. The maximum atomic E-state index is 12.1. The fraction of sp³-hybridized carbons (Fsp3) is 0.571. The smallest absolute Gasteiger partial charge is 0.136 e. The van der Waals surface area contributed by atoms with Gasteiger partial charge in [-0.15, -0.1) is 4.72 Å². The summed E-state index contributed by atoms with van der Waals surface area (Å²) < 4.78 is 20.6. The summed E-state index contributed by atoms with van der Waals surface area (Å²) in [5.74, 6) is 0.975. The minimum absolute atomic E-state index is 0.0710. The maximum absolute atomic E-state index is 12.1. The molecule has 100 valence electrons. The molecule has 1 N–H and O–H groups in total. The third-order valence-electron chi connectivity index (χ3n) is 3.09. The molecule has 0 radical (unpaired) electrons. The van der Waals surface area contributed by atoms with Crippen molar-refractivity contribution < 1.29 is 9.29 Å². The van der Waals surface area contributed by atoms with Crippen LogP contribution in [0.15, 0.2) is 18.2 Å². The van der Waals surface area contributed by atoms with Crippen molar-refractivity contribution in [2.75, 3.05) is 6.61 Å². The molecule has 1 aromatic carbocycles. The van der Waals surface area contributed by atoms with Crippen LogP contribution >= 0.6 is 0 Å². The molecule has 1 heterocycles. The van der Waals surface area contributed by atoms with Crippen molar-refractivity contribution in [2.24, 2.45) is 0 Å². The molecule has 1 aliphatic heterocycles. The highest BCUT2D eigenvalue weighted by Crippen LogP contribution is 2.32. The highest BCUT2D eigenvalue weighted by Gasteiger charge is 2.29. The van der Waals surface area contributed by atoms with E-state index in [1.165, 1.54) is 11.1 Å². The van der Waals surface area contributed by atoms with E-state index in [1.807, 2.05) is 32.9 Å². The van der Waals surface area contributed by atoms with Gasteiger partial charge in [0.25, 0.3) is 0 Å². The van der Waals surface area contributed by atoms with Crippen molar-refractivity contribution >= 4 is 11.4 Å². The van der Waals surface area contributed by atoms with Gasteiger partial charge in [-0.3, -0.25) is 0 Å². The van der Waals surface area contributed by atoms with Crippen molar-refractivity contribution in [2.45, 2.75) is 44.9 Å². The molecule has 0 aliphatic carbocycles. The fourth-order valence-corrected chi connectivity index (χ4v) is 2.86. The molecule has 0 bridgehead atoms.